The molecule has 3 aromatic rings. The lowest BCUT2D eigenvalue weighted by atomic mass is 10.2. The van der Waals surface area contributed by atoms with Gasteiger partial charge in [-0.05, 0) is 23.8 Å². The number of halogens is 1. The minimum Gasteiger partial charge on any atom is -0.334 e. The zero-order valence-electron chi connectivity index (χ0n) is 14.9. The number of H-pyrrole nitrogens is 1. The summed E-state index contributed by atoms with van der Waals surface area (Å²) in [6.45, 7) is 1.22. The largest absolute Gasteiger partial charge is 0.334 e. The van der Waals surface area contributed by atoms with Gasteiger partial charge in [0.25, 0.3) is 5.91 Å². The quantitative estimate of drug-likeness (QED) is 0.631. The Kier molecular flexibility index (Phi) is 4.99. The summed E-state index contributed by atoms with van der Waals surface area (Å²) in [6.07, 6.45) is 0. The van der Waals surface area contributed by atoms with E-state index < -0.39 is 0 Å². The fourth-order valence-electron chi connectivity index (χ4n) is 3.08. The molecular weight excluding hydrogens is 378 g/mol. The molecule has 0 spiro atoms. The maximum atomic E-state index is 12.5. The molecule has 3 amide bonds. The summed E-state index contributed by atoms with van der Waals surface area (Å²) in [7, 11) is 0. The summed E-state index contributed by atoms with van der Waals surface area (Å²) in [4.78, 5) is 26.5. The van der Waals surface area contributed by atoms with E-state index in [2.05, 4.69) is 20.8 Å². The predicted molar refractivity (Wildman–Crippen MR) is 106 cm³/mol. The van der Waals surface area contributed by atoms with Gasteiger partial charge in [0.1, 0.15) is 5.82 Å². The van der Waals surface area contributed by atoms with Crippen molar-refractivity contribution in [2.45, 2.75) is 19.6 Å². The number of benzene rings is 2. The predicted octanol–water partition coefficient (Wildman–Crippen LogP) is 3.54. The van der Waals surface area contributed by atoms with Crippen LogP contribution in [0.4, 0.5) is 10.6 Å². The Morgan fingerprint density at radius 3 is 2.71 bits per heavy atom. The highest BCUT2D eigenvalue weighted by Gasteiger charge is 2.29. The molecule has 8 heteroatoms. The third-order valence-electron chi connectivity index (χ3n) is 4.54. The first-order chi connectivity index (χ1) is 13.6. The molecule has 0 saturated carbocycles. The number of hydrogen-bond donors (Lipinski definition) is 3. The van der Waals surface area contributed by atoms with Gasteiger partial charge in [-0.2, -0.15) is 5.10 Å². The van der Waals surface area contributed by atoms with Crippen molar-refractivity contribution in [3.05, 3.63) is 82.0 Å². The van der Waals surface area contributed by atoms with Gasteiger partial charge >= 0.3 is 6.03 Å². The van der Waals surface area contributed by atoms with Crippen LogP contribution in [0.1, 0.15) is 27.2 Å². The van der Waals surface area contributed by atoms with E-state index in [0.29, 0.717) is 36.0 Å². The van der Waals surface area contributed by atoms with Crippen LogP contribution in [0, 0.1) is 0 Å². The standard InChI is InChI=1S/C20H18ClN5O2/c21-15-8-4-7-14(9-15)19(27)23-18-16-11-26(12-17(16)24-25-18)20(28)22-10-13-5-2-1-3-6-13/h1-9H,10-12H2,(H,22,28)(H2,23,24,25,27). The summed E-state index contributed by atoms with van der Waals surface area (Å²) in [5.74, 6) is 0.208. The smallest absolute Gasteiger partial charge is 0.318 e. The molecule has 0 saturated heterocycles. The van der Waals surface area contributed by atoms with Crippen molar-refractivity contribution >= 4 is 29.4 Å². The molecule has 28 heavy (non-hydrogen) atoms. The van der Waals surface area contributed by atoms with E-state index in [1.165, 1.54) is 0 Å². The molecule has 0 radical (unpaired) electrons. The van der Waals surface area contributed by atoms with E-state index in [9.17, 15) is 9.59 Å². The lowest BCUT2D eigenvalue weighted by Gasteiger charge is -2.17. The normalized spacial score (nSPS) is 12.5. The number of carbonyl (C=O) groups is 2. The fraction of sp³-hybridized carbons (Fsp3) is 0.150. The van der Waals surface area contributed by atoms with E-state index >= 15 is 0 Å². The van der Waals surface area contributed by atoms with Gasteiger partial charge in [-0.15, -0.1) is 0 Å². The van der Waals surface area contributed by atoms with Crippen LogP contribution in [-0.2, 0) is 19.6 Å². The van der Waals surface area contributed by atoms with E-state index in [0.717, 1.165) is 16.8 Å². The second-order valence-corrected chi connectivity index (χ2v) is 6.93. The third kappa shape index (κ3) is 3.84. The summed E-state index contributed by atoms with van der Waals surface area (Å²) in [5, 5.41) is 13.3. The summed E-state index contributed by atoms with van der Waals surface area (Å²) >= 11 is 5.94. The summed E-state index contributed by atoms with van der Waals surface area (Å²) in [6, 6.07) is 16.2. The summed E-state index contributed by atoms with van der Waals surface area (Å²) in [5.41, 5.74) is 3.04. The lowest BCUT2D eigenvalue weighted by molar-refractivity contribution is 0.102. The fourth-order valence-corrected chi connectivity index (χ4v) is 3.27. The van der Waals surface area contributed by atoms with Crippen LogP contribution >= 0.6 is 11.6 Å². The van der Waals surface area contributed by atoms with Gasteiger partial charge in [0, 0.05) is 22.7 Å². The molecule has 0 aliphatic carbocycles. The Morgan fingerprint density at radius 2 is 1.93 bits per heavy atom. The highest BCUT2D eigenvalue weighted by molar-refractivity contribution is 6.31. The van der Waals surface area contributed by atoms with Crippen LogP contribution in [-0.4, -0.2) is 27.0 Å². The van der Waals surface area contributed by atoms with E-state index in [4.69, 9.17) is 11.6 Å². The number of urea groups is 1. The molecule has 3 N–H and O–H groups in total. The first kappa shape index (κ1) is 18.1. The second-order valence-electron chi connectivity index (χ2n) is 6.49. The third-order valence-corrected chi connectivity index (χ3v) is 4.78. The monoisotopic (exact) mass is 395 g/mol. The Hall–Kier alpha value is -3.32. The number of amides is 3. The van der Waals surface area contributed by atoms with Crippen LogP contribution in [0.25, 0.3) is 0 Å². The zero-order valence-corrected chi connectivity index (χ0v) is 15.7. The molecule has 0 fully saturated rings. The van der Waals surface area contributed by atoms with E-state index in [1.54, 1.807) is 29.2 Å². The number of rotatable bonds is 4. The molecule has 0 unspecified atom stereocenters. The van der Waals surface area contributed by atoms with Crippen LogP contribution < -0.4 is 10.6 Å². The molecule has 4 rings (SSSR count). The number of anilines is 1. The number of fused-ring (bicyclic) bond motifs is 1. The Bertz CT molecular complexity index is 1020. The molecule has 1 aliphatic rings. The number of nitrogens with one attached hydrogen (secondary N) is 3. The van der Waals surface area contributed by atoms with Crippen LogP contribution in [0.15, 0.2) is 54.6 Å². The van der Waals surface area contributed by atoms with Crippen molar-refractivity contribution in [2.75, 3.05) is 5.32 Å². The van der Waals surface area contributed by atoms with E-state index in [1.807, 2.05) is 30.3 Å². The zero-order chi connectivity index (χ0) is 19.5. The van der Waals surface area contributed by atoms with Gasteiger partial charge in [-0.25, -0.2) is 4.79 Å². The first-order valence-electron chi connectivity index (χ1n) is 8.80. The number of hydrogen-bond acceptors (Lipinski definition) is 3. The SMILES string of the molecule is O=C(Nc1[nH]nc2c1CN(C(=O)NCc1ccccc1)C2)c1cccc(Cl)c1. The average molecular weight is 396 g/mol. The van der Waals surface area contributed by atoms with Gasteiger partial charge < -0.3 is 15.5 Å². The number of carbonyl (C=O) groups excluding carboxylic acids is 2. The Labute approximate surface area is 166 Å². The van der Waals surface area contributed by atoms with Gasteiger partial charge in [0.15, 0.2) is 0 Å². The first-order valence-corrected chi connectivity index (χ1v) is 9.17. The molecule has 7 nitrogen and oxygen atoms in total. The molecular formula is C20H18ClN5O2. The van der Waals surface area contributed by atoms with Gasteiger partial charge in [0.05, 0.1) is 18.8 Å². The molecule has 142 valence electrons. The summed E-state index contributed by atoms with van der Waals surface area (Å²) < 4.78 is 0. The average Bonchev–Trinajstić information content (AvgIpc) is 3.29. The Morgan fingerprint density at radius 1 is 1.11 bits per heavy atom. The highest BCUT2D eigenvalue weighted by atomic mass is 35.5. The van der Waals surface area contributed by atoms with Crippen molar-refractivity contribution in [3.63, 3.8) is 0 Å². The van der Waals surface area contributed by atoms with Crippen LogP contribution in [0.3, 0.4) is 0 Å². The lowest BCUT2D eigenvalue weighted by Crippen LogP contribution is -2.36. The number of aromatic nitrogens is 2. The van der Waals surface area contributed by atoms with Crippen molar-refractivity contribution in [3.8, 4) is 0 Å². The van der Waals surface area contributed by atoms with Gasteiger partial charge in [-0.3, -0.25) is 9.89 Å². The highest BCUT2D eigenvalue weighted by Crippen LogP contribution is 2.27. The molecule has 1 aromatic heterocycles. The maximum absolute atomic E-state index is 12.5. The minimum atomic E-state index is -0.291. The number of aromatic amines is 1. The van der Waals surface area contributed by atoms with Crippen molar-refractivity contribution in [1.82, 2.24) is 20.4 Å². The maximum Gasteiger partial charge on any atom is 0.318 e. The topological polar surface area (TPSA) is 90.1 Å². The molecule has 0 atom stereocenters. The van der Waals surface area contributed by atoms with Crippen molar-refractivity contribution in [1.29, 1.82) is 0 Å². The molecule has 2 heterocycles. The van der Waals surface area contributed by atoms with Crippen molar-refractivity contribution < 1.29 is 9.59 Å². The molecule has 1 aliphatic heterocycles. The van der Waals surface area contributed by atoms with Crippen molar-refractivity contribution in [2.24, 2.45) is 0 Å². The van der Waals surface area contributed by atoms with E-state index in [-0.39, 0.29) is 11.9 Å². The van der Waals surface area contributed by atoms with Crippen LogP contribution in [0.5, 0.6) is 0 Å². The number of nitrogens with zero attached hydrogens (tertiary/aromatic N) is 2. The Balaban J connectivity index is 1.38. The van der Waals surface area contributed by atoms with Gasteiger partial charge in [0.2, 0.25) is 0 Å². The second kappa shape index (κ2) is 7.74. The molecule has 2 aromatic carbocycles. The van der Waals surface area contributed by atoms with Crippen LogP contribution in [0.2, 0.25) is 5.02 Å². The van der Waals surface area contributed by atoms with Gasteiger partial charge in [-0.1, -0.05) is 48.0 Å². The minimum absolute atomic E-state index is 0.172. The molecule has 0 bridgehead atoms.